The van der Waals surface area contributed by atoms with Crippen LogP contribution in [0.4, 0.5) is 0 Å². The summed E-state index contributed by atoms with van der Waals surface area (Å²) in [7, 11) is 0. The Morgan fingerprint density at radius 3 is 2.19 bits per heavy atom. The van der Waals surface area contributed by atoms with Crippen molar-refractivity contribution in [2.75, 3.05) is 6.61 Å². The van der Waals surface area contributed by atoms with Crippen LogP contribution in [-0.4, -0.2) is 32.3 Å². The molecule has 4 aromatic rings. The topological polar surface area (TPSA) is 79.1 Å². The predicted octanol–water partition coefficient (Wildman–Crippen LogP) is 4.38. The van der Waals surface area contributed by atoms with Gasteiger partial charge in [0.25, 0.3) is 6.23 Å². The van der Waals surface area contributed by atoms with E-state index in [2.05, 4.69) is 15.1 Å². The van der Waals surface area contributed by atoms with Crippen LogP contribution in [0, 0.1) is 0 Å². The zero-order chi connectivity index (χ0) is 22.2. The fourth-order valence-electron chi connectivity index (χ4n) is 3.41. The van der Waals surface area contributed by atoms with Gasteiger partial charge in [-0.25, -0.2) is 9.48 Å². The molecule has 1 aromatic carbocycles. The molecule has 1 atom stereocenters. The van der Waals surface area contributed by atoms with Crippen LogP contribution in [0.1, 0.15) is 42.2 Å². The lowest BCUT2D eigenvalue weighted by Gasteiger charge is -2.19. The number of rotatable bonds is 9. The molecule has 162 valence electrons. The van der Waals surface area contributed by atoms with Gasteiger partial charge in [-0.3, -0.25) is 9.97 Å². The second kappa shape index (κ2) is 10.3. The van der Waals surface area contributed by atoms with Crippen molar-refractivity contribution in [1.29, 1.82) is 0 Å². The summed E-state index contributed by atoms with van der Waals surface area (Å²) in [6.07, 6.45) is 10.3. The molecule has 3 aromatic heterocycles. The summed E-state index contributed by atoms with van der Waals surface area (Å²) in [6, 6.07) is 17.0. The maximum absolute atomic E-state index is 12.8. The Labute approximate surface area is 186 Å². The van der Waals surface area contributed by atoms with Gasteiger partial charge in [0.1, 0.15) is 5.75 Å². The minimum atomic E-state index is -1.04. The highest BCUT2D eigenvalue weighted by Crippen LogP contribution is 2.31. The average Bonchev–Trinajstić information content (AvgIpc) is 3.32. The first-order valence-electron chi connectivity index (χ1n) is 10.5. The third-order valence-electron chi connectivity index (χ3n) is 4.87. The molecule has 7 heteroatoms. The minimum Gasteiger partial charge on any atom is -0.461 e. The highest BCUT2D eigenvalue weighted by Gasteiger charge is 2.27. The second-order valence-electron chi connectivity index (χ2n) is 7.21. The molecule has 1 unspecified atom stereocenters. The molecule has 0 saturated carbocycles. The monoisotopic (exact) mass is 428 g/mol. The summed E-state index contributed by atoms with van der Waals surface area (Å²) in [6.45, 7) is 2.26. The van der Waals surface area contributed by atoms with Crippen LogP contribution in [0.2, 0.25) is 0 Å². The summed E-state index contributed by atoms with van der Waals surface area (Å²) >= 11 is 0. The lowest BCUT2D eigenvalue weighted by Crippen LogP contribution is -2.27. The molecular weight excluding hydrogens is 404 g/mol. The molecule has 0 aliphatic heterocycles. The number of nitrogens with zero attached hydrogens (tertiary/aromatic N) is 4. The van der Waals surface area contributed by atoms with Crippen LogP contribution >= 0.6 is 0 Å². The molecule has 3 heterocycles. The number of para-hydroxylation sites is 1. The number of ether oxygens (including phenoxy) is 2. The predicted molar refractivity (Wildman–Crippen MR) is 119 cm³/mol. The van der Waals surface area contributed by atoms with Gasteiger partial charge in [-0.2, -0.15) is 5.10 Å². The van der Waals surface area contributed by atoms with Crippen LogP contribution in [-0.2, 0) is 9.53 Å². The van der Waals surface area contributed by atoms with Gasteiger partial charge >= 0.3 is 5.97 Å². The van der Waals surface area contributed by atoms with E-state index in [-0.39, 0.29) is 5.92 Å². The van der Waals surface area contributed by atoms with Crippen LogP contribution in [0.15, 0.2) is 91.8 Å². The van der Waals surface area contributed by atoms with E-state index in [0.29, 0.717) is 12.4 Å². The molecule has 0 fully saturated rings. The summed E-state index contributed by atoms with van der Waals surface area (Å²) in [4.78, 5) is 21.3. The Hall–Kier alpha value is -4.00. The van der Waals surface area contributed by atoms with Crippen molar-refractivity contribution in [2.24, 2.45) is 0 Å². The quantitative estimate of drug-likeness (QED) is 0.368. The van der Waals surface area contributed by atoms with E-state index < -0.39 is 12.2 Å². The molecule has 0 aliphatic carbocycles. The SMILES string of the molecule is CCCOC(=O)C(Oc1ccccc1)n1cc(C(c2cccnc2)c2cccnc2)cn1. The average molecular weight is 428 g/mol. The van der Waals surface area contributed by atoms with Gasteiger partial charge in [-0.05, 0) is 41.8 Å². The molecular formula is C25H24N4O3. The third kappa shape index (κ3) is 5.00. The molecule has 0 aliphatic rings. The molecule has 0 saturated heterocycles. The fraction of sp³-hybridized carbons (Fsp3) is 0.200. The van der Waals surface area contributed by atoms with E-state index in [4.69, 9.17) is 9.47 Å². The van der Waals surface area contributed by atoms with Crippen LogP contribution in [0.3, 0.4) is 0 Å². The number of hydrogen-bond donors (Lipinski definition) is 0. The summed E-state index contributed by atoms with van der Waals surface area (Å²) < 4.78 is 12.8. The Bertz CT molecular complexity index is 1080. The second-order valence-corrected chi connectivity index (χ2v) is 7.21. The van der Waals surface area contributed by atoms with Gasteiger partial charge in [0.2, 0.25) is 0 Å². The van der Waals surface area contributed by atoms with E-state index in [1.807, 2.05) is 68.0 Å². The van der Waals surface area contributed by atoms with Crippen molar-refractivity contribution < 1.29 is 14.3 Å². The number of hydrogen-bond acceptors (Lipinski definition) is 6. The number of aromatic nitrogens is 4. The molecule has 0 N–H and O–H groups in total. The highest BCUT2D eigenvalue weighted by molar-refractivity contribution is 5.73. The summed E-state index contributed by atoms with van der Waals surface area (Å²) in [5.41, 5.74) is 2.87. The van der Waals surface area contributed by atoms with Crippen molar-refractivity contribution in [3.05, 3.63) is 108 Å². The number of carbonyl (C=O) groups excluding carboxylic acids is 1. The molecule has 4 rings (SSSR count). The molecule has 0 amide bonds. The summed E-state index contributed by atoms with van der Waals surface area (Å²) in [5.74, 6) is -0.0843. The first-order valence-corrected chi connectivity index (χ1v) is 10.5. The number of esters is 1. The largest absolute Gasteiger partial charge is 0.461 e. The highest BCUT2D eigenvalue weighted by atomic mass is 16.6. The van der Waals surface area contributed by atoms with E-state index in [1.165, 1.54) is 4.68 Å². The van der Waals surface area contributed by atoms with Gasteiger partial charge < -0.3 is 9.47 Å². The molecule has 0 radical (unpaired) electrons. The zero-order valence-electron chi connectivity index (χ0n) is 17.7. The van der Waals surface area contributed by atoms with E-state index in [0.717, 1.165) is 23.1 Å². The molecule has 32 heavy (non-hydrogen) atoms. The van der Waals surface area contributed by atoms with Crippen molar-refractivity contribution in [1.82, 2.24) is 19.7 Å². The minimum absolute atomic E-state index is 0.143. The van der Waals surface area contributed by atoms with E-state index >= 15 is 0 Å². The molecule has 0 bridgehead atoms. The van der Waals surface area contributed by atoms with Crippen molar-refractivity contribution >= 4 is 5.97 Å². The Kier molecular flexibility index (Phi) is 6.87. The fourth-order valence-corrected chi connectivity index (χ4v) is 3.41. The summed E-state index contributed by atoms with van der Waals surface area (Å²) in [5, 5.41) is 4.46. The van der Waals surface area contributed by atoms with Gasteiger partial charge in [0.05, 0.1) is 12.8 Å². The van der Waals surface area contributed by atoms with Crippen LogP contribution in [0.25, 0.3) is 0 Å². The maximum atomic E-state index is 12.8. The standard InChI is InChI=1S/C25H24N4O3/c1-2-14-31-25(30)24(32-22-10-4-3-5-11-22)29-18-21(17-28-29)23(19-8-6-12-26-15-19)20-9-7-13-27-16-20/h3-13,15-18,23-24H,2,14H2,1H3. The van der Waals surface area contributed by atoms with Gasteiger partial charge in [0, 0.05) is 42.5 Å². The molecule has 0 spiro atoms. The van der Waals surface area contributed by atoms with Gasteiger partial charge in [0.15, 0.2) is 0 Å². The van der Waals surface area contributed by atoms with Crippen molar-refractivity contribution in [3.8, 4) is 5.75 Å². The first kappa shape index (κ1) is 21.2. The van der Waals surface area contributed by atoms with Gasteiger partial charge in [-0.1, -0.05) is 37.3 Å². The third-order valence-corrected chi connectivity index (χ3v) is 4.87. The van der Waals surface area contributed by atoms with Crippen molar-refractivity contribution in [3.63, 3.8) is 0 Å². The van der Waals surface area contributed by atoms with Gasteiger partial charge in [-0.15, -0.1) is 0 Å². The Balaban J connectivity index is 1.69. The number of pyridine rings is 2. The smallest absolute Gasteiger partial charge is 0.371 e. The Morgan fingerprint density at radius 2 is 1.59 bits per heavy atom. The molecule has 7 nitrogen and oxygen atoms in total. The van der Waals surface area contributed by atoms with Crippen LogP contribution < -0.4 is 4.74 Å². The normalized spacial score (nSPS) is 11.8. The van der Waals surface area contributed by atoms with E-state index in [9.17, 15) is 4.79 Å². The van der Waals surface area contributed by atoms with Crippen LogP contribution in [0.5, 0.6) is 5.75 Å². The van der Waals surface area contributed by atoms with E-state index in [1.54, 1.807) is 30.7 Å². The zero-order valence-corrected chi connectivity index (χ0v) is 17.7. The number of benzene rings is 1. The Morgan fingerprint density at radius 1 is 0.906 bits per heavy atom. The first-order chi connectivity index (χ1) is 15.8. The number of carbonyl (C=O) groups is 1. The lowest BCUT2D eigenvalue weighted by atomic mass is 9.89. The maximum Gasteiger partial charge on any atom is 0.371 e. The van der Waals surface area contributed by atoms with Crippen molar-refractivity contribution in [2.45, 2.75) is 25.5 Å². The lowest BCUT2D eigenvalue weighted by molar-refractivity contribution is -0.157.